The zero-order valence-electron chi connectivity index (χ0n) is 8.02. The van der Waals surface area contributed by atoms with Gasteiger partial charge in [0, 0.05) is 19.9 Å². The minimum atomic E-state index is -4.38. The van der Waals surface area contributed by atoms with Crippen molar-refractivity contribution in [2.24, 2.45) is 0 Å². The summed E-state index contributed by atoms with van der Waals surface area (Å²) in [6.45, 7) is 1.60. The summed E-state index contributed by atoms with van der Waals surface area (Å²) in [5.41, 5.74) is -0.805. The van der Waals surface area contributed by atoms with Gasteiger partial charge in [0.05, 0.1) is 5.56 Å². The maximum atomic E-state index is 12.1. The molecule has 1 N–H and O–H groups in total. The summed E-state index contributed by atoms with van der Waals surface area (Å²) >= 11 is 0. The molecular weight excluding hydrogens is 211 g/mol. The van der Waals surface area contributed by atoms with E-state index in [0.717, 1.165) is 6.07 Å². The third-order valence-electron chi connectivity index (χ3n) is 1.73. The molecule has 0 saturated carbocycles. The number of nitrogens with one attached hydrogen (secondary N) is 1. The van der Waals surface area contributed by atoms with Crippen LogP contribution in [0.1, 0.15) is 18.2 Å². The summed E-state index contributed by atoms with van der Waals surface area (Å²) in [6.07, 6.45) is -3.46. The van der Waals surface area contributed by atoms with Gasteiger partial charge in [-0.25, -0.2) is 0 Å². The average Bonchev–Trinajstić information content (AvgIpc) is 2.51. The lowest BCUT2D eigenvalue weighted by atomic mass is 10.2. The van der Waals surface area contributed by atoms with Crippen molar-refractivity contribution in [2.75, 3.05) is 6.54 Å². The van der Waals surface area contributed by atoms with Gasteiger partial charge in [-0.1, -0.05) is 0 Å². The highest BCUT2D eigenvalue weighted by atomic mass is 19.4. The number of hydrogen-bond donors (Lipinski definition) is 1. The molecule has 0 radical (unpaired) electrons. The van der Waals surface area contributed by atoms with Crippen LogP contribution in [-0.2, 0) is 17.4 Å². The number of carbonyl (C=O) groups is 1. The molecule has 0 saturated heterocycles. The Hall–Kier alpha value is -1.46. The third kappa shape index (κ3) is 3.65. The molecule has 0 aliphatic carbocycles. The van der Waals surface area contributed by atoms with Crippen molar-refractivity contribution < 1.29 is 22.4 Å². The molecule has 0 bridgehead atoms. The van der Waals surface area contributed by atoms with E-state index in [9.17, 15) is 18.0 Å². The van der Waals surface area contributed by atoms with E-state index < -0.39 is 11.7 Å². The highest BCUT2D eigenvalue weighted by molar-refractivity contribution is 5.72. The zero-order valence-corrected chi connectivity index (χ0v) is 8.02. The molecule has 1 amide bonds. The fraction of sp³-hybridized carbons (Fsp3) is 0.444. The van der Waals surface area contributed by atoms with Crippen LogP contribution in [0.15, 0.2) is 16.7 Å². The lowest BCUT2D eigenvalue weighted by molar-refractivity contribution is -0.138. The first kappa shape index (κ1) is 11.6. The smallest absolute Gasteiger partial charge is 0.419 e. The molecule has 0 aliphatic rings. The number of alkyl halides is 3. The van der Waals surface area contributed by atoms with E-state index in [1.54, 1.807) is 0 Å². The Labute approximate surface area is 84.3 Å². The van der Waals surface area contributed by atoms with Crippen LogP contribution in [0.2, 0.25) is 0 Å². The second-order valence-corrected chi connectivity index (χ2v) is 3.03. The van der Waals surface area contributed by atoms with Gasteiger partial charge in [0.25, 0.3) is 0 Å². The van der Waals surface area contributed by atoms with Gasteiger partial charge in [-0.2, -0.15) is 13.2 Å². The minimum absolute atomic E-state index is 0.205. The maximum absolute atomic E-state index is 12.1. The second-order valence-electron chi connectivity index (χ2n) is 3.03. The summed E-state index contributed by atoms with van der Waals surface area (Å²) in [6, 6.07) is 0.932. The summed E-state index contributed by atoms with van der Waals surface area (Å²) < 4.78 is 41.1. The first-order valence-electron chi connectivity index (χ1n) is 4.28. The number of rotatable bonds is 3. The second kappa shape index (κ2) is 4.37. The lowest BCUT2D eigenvalue weighted by Crippen LogP contribution is -2.22. The topological polar surface area (TPSA) is 42.2 Å². The molecule has 1 heterocycles. The number of furan rings is 1. The summed E-state index contributed by atoms with van der Waals surface area (Å²) in [7, 11) is 0. The molecule has 3 nitrogen and oxygen atoms in total. The Morgan fingerprint density at radius 2 is 2.20 bits per heavy atom. The van der Waals surface area contributed by atoms with Crippen molar-refractivity contribution >= 4 is 5.91 Å². The molecule has 0 fully saturated rings. The van der Waals surface area contributed by atoms with Crippen LogP contribution < -0.4 is 5.32 Å². The van der Waals surface area contributed by atoms with Crippen molar-refractivity contribution in [1.29, 1.82) is 0 Å². The van der Waals surface area contributed by atoms with Crippen LogP contribution in [0.4, 0.5) is 13.2 Å². The quantitative estimate of drug-likeness (QED) is 0.847. The molecule has 1 rings (SSSR count). The monoisotopic (exact) mass is 221 g/mol. The number of halogens is 3. The van der Waals surface area contributed by atoms with Gasteiger partial charge in [0.2, 0.25) is 5.91 Å². The molecule has 6 heteroatoms. The van der Waals surface area contributed by atoms with Crippen LogP contribution in [0, 0.1) is 0 Å². The average molecular weight is 221 g/mol. The predicted molar refractivity (Wildman–Crippen MR) is 46.1 cm³/mol. The Balaban J connectivity index is 2.50. The Kier molecular flexibility index (Phi) is 3.39. The maximum Gasteiger partial charge on any atom is 0.419 e. The largest absolute Gasteiger partial charge is 0.469 e. The molecule has 1 aromatic rings. The van der Waals surface area contributed by atoms with Crippen LogP contribution in [-0.4, -0.2) is 12.5 Å². The van der Waals surface area contributed by atoms with Gasteiger partial charge < -0.3 is 9.73 Å². The van der Waals surface area contributed by atoms with E-state index in [2.05, 4.69) is 5.32 Å². The summed E-state index contributed by atoms with van der Waals surface area (Å²) in [5, 5.41) is 2.46. The van der Waals surface area contributed by atoms with Crippen LogP contribution >= 0.6 is 0 Å². The third-order valence-corrected chi connectivity index (χ3v) is 1.73. The highest BCUT2D eigenvalue weighted by Crippen LogP contribution is 2.30. The SMILES string of the molecule is CC(=O)NCCc1cc(C(F)(F)F)co1. The van der Waals surface area contributed by atoms with Crippen LogP contribution in [0.5, 0.6) is 0 Å². The number of carbonyl (C=O) groups excluding carboxylic acids is 1. The first-order valence-corrected chi connectivity index (χ1v) is 4.28. The van der Waals surface area contributed by atoms with Crippen molar-refractivity contribution in [3.8, 4) is 0 Å². The Bertz CT molecular complexity index is 343. The predicted octanol–water partition coefficient (Wildman–Crippen LogP) is 1.98. The van der Waals surface area contributed by atoms with Gasteiger partial charge in [0.1, 0.15) is 12.0 Å². The van der Waals surface area contributed by atoms with Crippen LogP contribution in [0.3, 0.4) is 0 Å². The Morgan fingerprint density at radius 3 is 2.67 bits per heavy atom. The molecule has 0 aliphatic heterocycles. The Morgan fingerprint density at radius 1 is 1.53 bits per heavy atom. The fourth-order valence-electron chi connectivity index (χ4n) is 1.02. The fourth-order valence-corrected chi connectivity index (χ4v) is 1.02. The molecule has 1 aromatic heterocycles. The summed E-state index contributed by atoms with van der Waals surface area (Å²) in [5.74, 6) is -0.0197. The molecule has 84 valence electrons. The van der Waals surface area contributed by atoms with Crippen molar-refractivity contribution in [3.05, 3.63) is 23.7 Å². The number of amides is 1. The van der Waals surface area contributed by atoms with Gasteiger partial charge in [0.15, 0.2) is 0 Å². The standard InChI is InChI=1S/C9H10F3NO2/c1-6(14)13-3-2-8-4-7(5-15-8)9(10,11)12/h4-5H,2-3H2,1H3,(H,13,14). The van der Waals surface area contributed by atoms with E-state index in [1.165, 1.54) is 6.92 Å². The van der Waals surface area contributed by atoms with E-state index in [0.29, 0.717) is 6.26 Å². The lowest BCUT2D eigenvalue weighted by Gasteiger charge is -2.00. The van der Waals surface area contributed by atoms with Crippen LogP contribution in [0.25, 0.3) is 0 Å². The first-order chi connectivity index (χ1) is 6.89. The van der Waals surface area contributed by atoms with E-state index in [1.807, 2.05) is 0 Å². The molecule has 0 atom stereocenters. The van der Waals surface area contributed by atoms with E-state index in [-0.39, 0.29) is 24.6 Å². The van der Waals surface area contributed by atoms with Crippen molar-refractivity contribution in [2.45, 2.75) is 19.5 Å². The molecule has 0 aromatic carbocycles. The molecule has 15 heavy (non-hydrogen) atoms. The highest BCUT2D eigenvalue weighted by Gasteiger charge is 2.32. The van der Waals surface area contributed by atoms with Gasteiger partial charge in [-0.15, -0.1) is 0 Å². The molecular formula is C9H10F3NO2. The number of hydrogen-bond acceptors (Lipinski definition) is 2. The minimum Gasteiger partial charge on any atom is -0.469 e. The summed E-state index contributed by atoms with van der Waals surface area (Å²) in [4.78, 5) is 10.5. The molecule has 0 unspecified atom stereocenters. The van der Waals surface area contributed by atoms with Gasteiger partial charge in [-0.3, -0.25) is 4.79 Å². The van der Waals surface area contributed by atoms with Crippen molar-refractivity contribution in [3.63, 3.8) is 0 Å². The normalized spacial score (nSPS) is 11.5. The molecule has 0 spiro atoms. The van der Waals surface area contributed by atoms with Gasteiger partial charge >= 0.3 is 6.18 Å². The van der Waals surface area contributed by atoms with E-state index >= 15 is 0 Å². The zero-order chi connectivity index (χ0) is 11.5. The van der Waals surface area contributed by atoms with Crippen molar-refractivity contribution in [1.82, 2.24) is 5.32 Å². The van der Waals surface area contributed by atoms with Gasteiger partial charge in [-0.05, 0) is 6.07 Å². The van der Waals surface area contributed by atoms with E-state index in [4.69, 9.17) is 4.42 Å².